The molecule has 0 bridgehead atoms. The van der Waals surface area contributed by atoms with Crippen molar-refractivity contribution in [2.45, 2.75) is 26.6 Å². The number of benzene rings is 1. The van der Waals surface area contributed by atoms with Gasteiger partial charge in [0.2, 0.25) is 0 Å². The summed E-state index contributed by atoms with van der Waals surface area (Å²) in [6.07, 6.45) is -0.699. The van der Waals surface area contributed by atoms with Gasteiger partial charge in [0, 0.05) is 18.5 Å². The quantitative estimate of drug-likeness (QED) is 0.847. The molecule has 0 radical (unpaired) electrons. The van der Waals surface area contributed by atoms with Crippen molar-refractivity contribution in [2.24, 2.45) is 0 Å². The molecule has 0 fully saturated rings. The number of hydrogen-bond donors (Lipinski definition) is 1. The van der Waals surface area contributed by atoms with E-state index in [9.17, 15) is 9.90 Å². The number of ether oxygens (including phenoxy) is 1. The Kier molecular flexibility index (Phi) is 6.33. The van der Waals surface area contributed by atoms with Crippen LogP contribution in [0.25, 0.3) is 0 Å². The number of aryl methyl sites for hydroxylation is 2. The summed E-state index contributed by atoms with van der Waals surface area (Å²) in [5.74, 6) is -0.0618. The van der Waals surface area contributed by atoms with Gasteiger partial charge in [-0.2, -0.15) is 0 Å². The second-order valence-corrected chi connectivity index (χ2v) is 6.95. The van der Waals surface area contributed by atoms with Crippen LogP contribution in [0.5, 0.6) is 0 Å². The molecule has 124 valence electrons. The van der Waals surface area contributed by atoms with Crippen LogP contribution in [0.2, 0.25) is 0 Å². The molecule has 0 saturated carbocycles. The molecule has 1 N–H and O–H groups in total. The third-order valence-electron chi connectivity index (χ3n) is 3.63. The maximum absolute atomic E-state index is 12.3. The highest BCUT2D eigenvalue weighted by Gasteiger charge is 2.18. The van der Waals surface area contributed by atoms with Crippen LogP contribution in [0.15, 0.2) is 36.4 Å². The molecule has 1 atom stereocenters. The normalized spacial score (nSPS) is 12.2. The lowest BCUT2D eigenvalue weighted by atomic mass is 10.2. The predicted octanol–water partition coefficient (Wildman–Crippen LogP) is 3.01. The number of carbonyl (C=O) groups is 1. The van der Waals surface area contributed by atoms with Gasteiger partial charge in [-0.25, -0.2) is 0 Å². The first-order valence-electron chi connectivity index (χ1n) is 7.59. The maximum atomic E-state index is 12.3. The van der Waals surface area contributed by atoms with Gasteiger partial charge in [-0.3, -0.25) is 4.79 Å². The summed E-state index contributed by atoms with van der Waals surface area (Å²) in [6.45, 7) is 4.91. The maximum Gasteiger partial charge on any atom is 0.263 e. The highest BCUT2D eigenvalue weighted by molar-refractivity contribution is 7.14. The van der Waals surface area contributed by atoms with Crippen molar-refractivity contribution in [3.8, 4) is 0 Å². The van der Waals surface area contributed by atoms with Crippen molar-refractivity contribution < 1.29 is 14.6 Å². The molecule has 0 aliphatic carbocycles. The van der Waals surface area contributed by atoms with Gasteiger partial charge in [-0.15, -0.1) is 11.3 Å². The molecule has 0 spiro atoms. The molecule has 1 aromatic carbocycles. The van der Waals surface area contributed by atoms with E-state index in [1.165, 1.54) is 11.3 Å². The van der Waals surface area contributed by atoms with Gasteiger partial charge >= 0.3 is 0 Å². The van der Waals surface area contributed by atoms with E-state index in [0.717, 1.165) is 16.0 Å². The minimum absolute atomic E-state index is 0.0618. The zero-order valence-electron chi connectivity index (χ0n) is 13.8. The minimum atomic E-state index is -0.699. The SMILES string of the molecule is Cc1cc(C(=O)N(C)CC(O)COCc2ccccc2)sc1C. The van der Waals surface area contributed by atoms with E-state index < -0.39 is 6.10 Å². The average molecular weight is 333 g/mol. The van der Waals surface area contributed by atoms with Crippen LogP contribution < -0.4 is 0 Å². The molecule has 5 heteroatoms. The predicted molar refractivity (Wildman–Crippen MR) is 92.9 cm³/mol. The smallest absolute Gasteiger partial charge is 0.263 e. The molecule has 4 nitrogen and oxygen atoms in total. The van der Waals surface area contributed by atoms with Crippen LogP contribution in [0, 0.1) is 13.8 Å². The summed E-state index contributed by atoms with van der Waals surface area (Å²) in [5, 5.41) is 10.0. The molecule has 0 aliphatic heterocycles. The second-order valence-electron chi connectivity index (χ2n) is 5.69. The van der Waals surface area contributed by atoms with Gasteiger partial charge in [0.15, 0.2) is 0 Å². The number of likely N-dealkylation sites (N-methyl/N-ethyl adjacent to an activating group) is 1. The van der Waals surface area contributed by atoms with E-state index in [4.69, 9.17) is 4.74 Å². The molecular weight excluding hydrogens is 310 g/mol. The van der Waals surface area contributed by atoms with Gasteiger partial charge in [0.1, 0.15) is 0 Å². The monoisotopic (exact) mass is 333 g/mol. The first kappa shape index (κ1) is 17.7. The van der Waals surface area contributed by atoms with E-state index in [1.807, 2.05) is 50.2 Å². The Morgan fingerprint density at radius 1 is 1.30 bits per heavy atom. The van der Waals surface area contributed by atoms with Gasteiger partial charge < -0.3 is 14.7 Å². The van der Waals surface area contributed by atoms with Crippen LogP contribution in [-0.4, -0.2) is 42.2 Å². The lowest BCUT2D eigenvalue weighted by molar-refractivity contribution is 0.0138. The Hall–Kier alpha value is -1.69. The molecule has 0 aliphatic rings. The van der Waals surface area contributed by atoms with E-state index in [0.29, 0.717) is 11.5 Å². The highest BCUT2D eigenvalue weighted by Crippen LogP contribution is 2.21. The number of nitrogens with zero attached hydrogens (tertiary/aromatic N) is 1. The van der Waals surface area contributed by atoms with E-state index in [-0.39, 0.29) is 19.1 Å². The fourth-order valence-corrected chi connectivity index (χ4v) is 3.23. The van der Waals surface area contributed by atoms with Crippen LogP contribution in [0.3, 0.4) is 0 Å². The van der Waals surface area contributed by atoms with Gasteiger partial charge in [-0.1, -0.05) is 30.3 Å². The van der Waals surface area contributed by atoms with Crippen molar-refractivity contribution >= 4 is 17.2 Å². The standard InChI is InChI=1S/C18H23NO3S/c1-13-9-17(23-14(13)2)18(21)19(3)10-16(20)12-22-11-15-7-5-4-6-8-15/h4-9,16,20H,10-12H2,1-3H3. The van der Waals surface area contributed by atoms with Gasteiger partial charge in [-0.05, 0) is 31.0 Å². The molecule has 1 unspecified atom stereocenters. The zero-order valence-corrected chi connectivity index (χ0v) is 14.6. The third-order valence-corrected chi connectivity index (χ3v) is 4.77. The number of carbonyl (C=O) groups excluding carboxylic acids is 1. The largest absolute Gasteiger partial charge is 0.389 e. The first-order valence-corrected chi connectivity index (χ1v) is 8.41. The first-order chi connectivity index (χ1) is 11.0. The third kappa shape index (κ3) is 5.16. The van der Waals surface area contributed by atoms with Crippen LogP contribution >= 0.6 is 11.3 Å². The molecule has 23 heavy (non-hydrogen) atoms. The molecule has 2 aromatic rings. The summed E-state index contributed by atoms with van der Waals surface area (Å²) in [5.41, 5.74) is 2.19. The molecule has 2 rings (SSSR count). The lowest BCUT2D eigenvalue weighted by Crippen LogP contribution is -2.36. The minimum Gasteiger partial charge on any atom is -0.389 e. The summed E-state index contributed by atoms with van der Waals surface area (Å²) in [6, 6.07) is 11.7. The summed E-state index contributed by atoms with van der Waals surface area (Å²) in [4.78, 5) is 15.7. The zero-order chi connectivity index (χ0) is 16.8. The Morgan fingerprint density at radius 3 is 2.61 bits per heavy atom. The molecule has 1 heterocycles. The molecular formula is C18H23NO3S. The number of hydrogen-bond acceptors (Lipinski definition) is 4. The van der Waals surface area contributed by atoms with E-state index in [2.05, 4.69) is 0 Å². The topological polar surface area (TPSA) is 49.8 Å². The molecule has 1 aromatic heterocycles. The summed E-state index contributed by atoms with van der Waals surface area (Å²) >= 11 is 1.49. The fraction of sp³-hybridized carbons (Fsp3) is 0.389. The van der Waals surface area contributed by atoms with Crippen molar-refractivity contribution in [1.82, 2.24) is 4.90 Å². The number of rotatable bonds is 7. The summed E-state index contributed by atoms with van der Waals surface area (Å²) in [7, 11) is 1.70. The second kappa shape index (κ2) is 8.24. The average Bonchev–Trinajstić information content (AvgIpc) is 2.87. The van der Waals surface area contributed by atoms with Gasteiger partial charge in [0.25, 0.3) is 5.91 Å². The molecule has 0 saturated heterocycles. The Balaban J connectivity index is 1.77. The van der Waals surface area contributed by atoms with Crippen LogP contribution in [0.4, 0.5) is 0 Å². The Morgan fingerprint density at radius 2 is 2.00 bits per heavy atom. The number of aliphatic hydroxyl groups is 1. The van der Waals surface area contributed by atoms with Crippen molar-refractivity contribution in [3.63, 3.8) is 0 Å². The van der Waals surface area contributed by atoms with Crippen molar-refractivity contribution in [3.05, 3.63) is 57.3 Å². The molecule has 1 amide bonds. The number of amides is 1. The Bertz CT molecular complexity index is 619. The number of thiophene rings is 1. The van der Waals surface area contributed by atoms with Crippen molar-refractivity contribution in [1.29, 1.82) is 0 Å². The highest BCUT2D eigenvalue weighted by atomic mass is 32.1. The van der Waals surface area contributed by atoms with E-state index >= 15 is 0 Å². The summed E-state index contributed by atoms with van der Waals surface area (Å²) < 4.78 is 5.51. The van der Waals surface area contributed by atoms with Gasteiger partial charge in [0.05, 0.1) is 24.2 Å². The number of aliphatic hydroxyl groups excluding tert-OH is 1. The lowest BCUT2D eigenvalue weighted by Gasteiger charge is -2.20. The Labute approximate surface area is 141 Å². The van der Waals surface area contributed by atoms with Crippen molar-refractivity contribution in [2.75, 3.05) is 20.2 Å². The van der Waals surface area contributed by atoms with Crippen LogP contribution in [0.1, 0.15) is 25.7 Å². The van der Waals surface area contributed by atoms with Crippen LogP contribution in [-0.2, 0) is 11.3 Å². The van der Waals surface area contributed by atoms with E-state index in [1.54, 1.807) is 11.9 Å². The fourth-order valence-electron chi connectivity index (χ4n) is 2.21.